The van der Waals surface area contributed by atoms with E-state index >= 15 is 0 Å². The summed E-state index contributed by atoms with van der Waals surface area (Å²) in [7, 11) is -4.41. The van der Waals surface area contributed by atoms with Crippen molar-refractivity contribution < 1.29 is 47.1 Å². The number of aliphatic hydroxyl groups excluding tert-OH is 1. The molecule has 1 rings (SSSR count). The quantitative estimate of drug-likeness (QED) is 0.0249. The first-order valence-corrected chi connectivity index (χ1v) is 24.1. The lowest BCUT2D eigenvalue weighted by Crippen LogP contribution is -2.29. The first-order chi connectivity index (χ1) is 28.6. The van der Waals surface area contributed by atoms with E-state index in [9.17, 15) is 19.0 Å². The highest BCUT2D eigenvalue weighted by atomic mass is 31.2. The fourth-order valence-corrected chi connectivity index (χ4v) is 7.08. The maximum absolute atomic E-state index is 12.6. The topological polar surface area (TPSA) is 168 Å². The molecule has 0 aliphatic heterocycles. The molecule has 0 fully saturated rings. The van der Waals surface area contributed by atoms with Crippen LogP contribution in [0.4, 0.5) is 0 Å². The molecule has 0 aliphatic rings. The number of aliphatic hydroxyl groups is 1. The molecular weight excluding hydrogens is 769 g/mol. The smallest absolute Gasteiger partial charge is 0.466 e. The molecule has 1 aromatic rings. The van der Waals surface area contributed by atoms with Gasteiger partial charge in [-0.05, 0) is 95.6 Å². The van der Waals surface area contributed by atoms with Gasteiger partial charge in [-0.25, -0.2) is 4.57 Å². The molecule has 2 atom stereocenters. The van der Waals surface area contributed by atoms with E-state index in [1.54, 1.807) is 0 Å². The van der Waals surface area contributed by atoms with Gasteiger partial charge in [0.25, 0.3) is 0 Å². The maximum atomic E-state index is 12.6. The van der Waals surface area contributed by atoms with Crippen LogP contribution >= 0.6 is 7.82 Å². The van der Waals surface area contributed by atoms with Crippen LogP contribution in [0, 0.1) is 13.8 Å². The lowest BCUT2D eigenvalue weighted by atomic mass is 10.0. The Balaban J connectivity index is 2.28. The summed E-state index contributed by atoms with van der Waals surface area (Å²) in [5, 5.41) is 8.80. The summed E-state index contributed by atoms with van der Waals surface area (Å²) >= 11 is 0. The van der Waals surface area contributed by atoms with Gasteiger partial charge in [0, 0.05) is 38.8 Å². The highest BCUT2D eigenvalue weighted by Crippen LogP contribution is 2.43. The maximum Gasteiger partial charge on any atom is 0.472 e. The molecule has 11 nitrogen and oxygen atoms in total. The van der Waals surface area contributed by atoms with Crippen molar-refractivity contribution in [3.8, 4) is 0 Å². The molecule has 12 heteroatoms. The number of furan rings is 1. The number of unbranched alkanes of at least 4 members (excludes halogenated alkanes) is 13. The number of carbonyl (C=O) groups is 2. The summed E-state index contributed by atoms with van der Waals surface area (Å²) < 4.78 is 39.0. The zero-order chi connectivity index (χ0) is 43.2. The van der Waals surface area contributed by atoms with Crippen LogP contribution < -0.4 is 5.73 Å². The molecule has 0 radical (unpaired) electrons. The summed E-state index contributed by atoms with van der Waals surface area (Å²) in [5.74, 6) is 1.39. The largest absolute Gasteiger partial charge is 0.472 e. The SMILES string of the molecule is CCCCCc1oc(CCCCCCCCCCC(=O)OC[C@H](COP(=O)(O)OCCN)OC(=O)CCC/C=C\C/C=C\C/C=C\C/C=C\CCCCCO)c(C)c1C. The zero-order valence-electron chi connectivity index (χ0n) is 36.9. The highest BCUT2D eigenvalue weighted by molar-refractivity contribution is 7.47. The van der Waals surface area contributed by atoms with Gasteiger partial charge in [-0.3, -0.25) is 18.6 Å². The van der Waals surface area contributed by atoms with Gasteiger partial charge >= 0.3 is 19.8 Å². The van der Waals surface area contributed by atoms with Gasteiger partial charge in [0.2, 0.25) is 0 Å². The molecule has 0 aliphatic carbocycles. The first-order valence-electron chi connectivity index (χ1n) is 22.6. The molecule has 0 amide bonds. The van der Waals surface area contributed by atoms with Crippen molar-refractivity contribution in [2.75, 3.05) is 33.0 Å². The predicted octanol–water partition coefficient (Wildman–Crippen LogP) is 11.3. The number of rotatable bonds is 39. The monoisotopic (exact) mass is 850 g/mol. The van der Waals surface area contributed by atoms with Crippen LogP contribution in [0.2, 0.25) is 0 Å². The van der Waals surface area contributed by atoms with Crippen molar-refractivity contribution in [1.82, 2.24) is 0 Å². The number of carbonyl (C=O) groups excluding carboxylic acids is 2. The van der Waals surface area contributed by atoms with Gasteiger partial charge in [-0.2, -0.15) is 0 Å². The molecule has 59 heavy (non-hydrogen) atoms. The fourth-order valence-electron chi connectivity index (χ4n) is 6.31. The Morgan fingerprint density at radius 3 is 1.75 bits per heavy atom. The number of aryl methyl sites for hydroxylation is 2. The number of allylic oxidation sites excluding steroid dienone is 8. The second-order valence-electron chi connectivity index (χ2n) is 15.2. The van der Waals surface area contributed by atoms with Gasteiger partial charge < -0.3 is 29.6 Å². The number of phosphoric acid groups is 1. The normalized spacial score (nSPS) is 13.7. The van der Waals surface area contributed by atoms with E-state index in [1.807, 2.05) is 6.08 Å². The molecular formula is C47H80NO10P. The molecule has 0 spiro atoms. The summed E-state index contributed by atoms with van der Waals surface area (Å²) in [6.45, 7) is 5.96. The zero-order valence-corrected chi connectivity index (χ0v) is 37.8. The Kier molecular flexibility index (Phi) is 34.0. The lowest BCUT2D eigenvalue weighted by molar-refractivity contribution is -0.161. The average molecular weight is 850 g/mol. The van der Waals surface area contributed by atoms with Crippen LogP contribution in [-0.2, 0) is 45.5 Å². The first kappa shape index (κ1) is 54.2. The fraction of sp³-hybridized carbons (Fsp3) is 0.702. The van der Waals surface area contributed by atoms with E-state index in [0.717, 1.165) is 89.2 Å². The van der Waals surface area contributed by atoms with Crippen LogP contribution in [0.3, 0.4) is 0 Å². The number of nitrogens with two attached hydrogens (primary N) is 1. The Bertz CT molecular complexity index is 1380. The number of ether oxygens (including phenoxy) is 2. The van der Waals surface area contributed by atoms with E-state index in [1.165, 1.54) is 55.4 Å². The van der Waals surface area contributed by atoms with Crippen molar-refractivity contribution in [3.63, 3.8) is 0 Å². The van der Waals surface area contributed by atoms with Gasteiger partial charge in [0.05, 0.1) is 13.2 Å². The molecule has 338 valence electrons. The summed E-state index contributed by atoms with van der Waals surface area (Å²) in [6, 6.07) is 0. The molecule has 1 unspecified atom stereocenters. The second-order valence-corrected chi connectivity index (χ2v) is 16.7. The minimum atomic E-state index is -4.41. The van der Waals surface area contributed by atoms with Crippen molar-refractivity contribution >= 4 is 19.8 Å². The third kappa shape index (κ3) is 30.8. The summed E-state index contributed by atoms with van der Waals surface area (Å²) in [4.78, 5) is 35.0. The van der Waals surface area contributed by atoms with Crippen molar-refractivity contribution in [2.24, 2.45) is 5.73 Å². The highest BCUT2D eigenvalue weighted by Gasteiger charge is 2.26. The second kappa shape index (κ2) is 37.0. The Morgan fingerprint density at radius 1 is 0.661 bits per heavy atom. The third-order valence-electron chi connectivity index (χ3n) is 9.98. The Morgan fingerprint density at radius 2 is 1.17 bits per heavy atom. The molecule has 1 heterocycles. The van der Waals surface area contributed by atoms with E-state index in [2.05, 4.69) is 63.3 Å². The lowest BCUT2D eigenvalue weighted by Gasteiger charge is -2.19. The Hall–Kier alpha value is -2.79. The predicted molar refractivity (Wildman–Crippen MR) is 238 cm³/mol. The number of phosphoric ester groups is 1. The number of esters is 2. The van der Waals surface area contributed by atoms with Gasteiger partial charge in [0.1, 0.15) is 18.1 Å². The summed E-state index contributed by atoms with van der Waals surface area (Å²) in [5.41, 5.74) is 8.00. The molecule has 0 saturated heterocycles. The molecule has 0 aromatic carbocycles. The standard InChI is InChI=1S/C47H80NO10P/c1-4-5-27-32-44-41(2)42(3)45(58-44)33-28-23-19-16-17-20-24-29-34-46(50)54-39-43(40-56-59(52,53)55-38-36-48)57-47(51)35-30-25-21-15-13-11-9-7-6-8-10-12-14-18-22-26-31-37-49/h6,8-9,11-12,14-15,21,43,49H,4-5,7,10,13,16-20,22-40,48H2,1-3H3,(H,52,53)/b8-6-,11-9-,14-12-,21-15-/t43-/m1/s1. The van der Waals surface area contributed by atoms with Gasteiger partial charge in [0.15, 0.2) is 6.10 Å². The van der Waals surface area contributed by atoms with E-state index in [4.69, 9.17) is 33.8 Å². The van der Waals surface area contributed by atoms with Crippen molar-refractivity contribution in [2.45, 2.75) is 181 Å². The third-order valence-corrected chi connectivity index (χ3v) is 11.0. The van der Waals surface area contributed by atoms with Crippen LogP contribution in [0.25, 0.3) is 0 Å². The van der Waals surface area contributed by atoms with Crippen LogP contribution in [-0.4, -0.2) is 61.0 Å². The number of hydrogen-bond donors (Lipinski definition) is 3. The van der Waals surface area contributed by atoms with Crippen molar-refractivity contribution in [3.05, 3.63) is 71.3 Å². The summed E-state index contributed by atoms with van der Waals surface area (Å²) in [6.07, 6.45) is 38.4. The van der Waals surface area contributed by atoms with E-state index < -0.39 is 32.5 Å². The van der Waals surface area contributed by atoms with Crippen molar-refractivity contribution in [1.29, 1.82) is 0 Å². The van der Waals surface area contributed by atoms with Crippen LogP contribution in [0.15, 0.2) is 53.0 Å². The van der Waals surface area contributed by atoms with Gasteiger partial charge in [-0.15, -0.1) is 0 Å². The molecule has 0 saturated carbocycles. The molecule has 1 aromatic heterocycles. The van der Waals surface area contributed by atoms with E-state index in [0.29, 0.717) is 19.3 Å². The minimum absolute atomic E-state index is 0.0324. The Labute approximate surface area is 356 Å². The van der Waals surface area contributed by atoms with Crippen LogP contribution in [0.5, 0.6) is 0 Å². The average Bonchev–Trinajstić information content (AvgIpc) is 3.49. The van der Waals surface area contributed by atoms with Gasteiger partial charge in [-0.1, -0.05) is 113 Å². The van der Waals surface area contributed by atoms with E-state index in [-0.39, 0.29) is 39.2 Å². The number of hydrogen-bond acceptors (Lipinski definition) is 10. The molecule has 4 N–H and O–H groups in total. The minimum Gasteiger partial charge on any atom is -0.466 e. The van der Waals surface area contributed by atoms with Crippen LogP contribution in [0.1, 0.15) is 171 Å². The molecule has 0 bridgehead atoms.